The molecule has 0 aliphatic rings. The molecule has 0 atom stereocenters. The molecule has 0 bridgehead atoms. The summed E-state index contributed by atoms with van der Waals surface area (Å²) in [4.78, 5) is 12.3. The lowest BCUT2D eigenvalue weighted by Crippen LogP contribution is -2.41. The van der Waals surface area contributed by atoms with Gasteiger partial charge in [0.05, 0.1) is 18.5 Å². The largest absolute Gasteiger partial charge is 0.492 e. The highest BCUT2D eigenvalue weighted by atomic mass is 32.2. The van der Waals surface area contributed by atoms with Crippen LogP contribution in [0.15, 0.2) is 48.5 Å². The Labute approximate surface area is 161 Å². The van der Waals surface area contributed by atoms with Crippen molar-refractivity contribution in [2.75, 3.05) is 30.3 Å². The molecule has 146 valence electrons. The monoisotopic (exact) mass is 390 g/mol. The number of amides is 1. The first-order chi connectivity index (χ1) is 12.8. The number of anilines is 1. The lowest BCUT2D eigenvalue weighted by molar-refractivity contribution is -0.119. The summed E-state index contributed by atoms with van der Waals surface area (Å²) in [5.74, 6) is 0.359. The number of ether oxygens (including phenoxy) is 1. The van der Waals surface area contributed by atoms with Crippen LogP contribution in [0.2, 0.25) is 0 Å². The van der Waals surface area contributed by atoms with Gasteiger partial charge >= 0.3 is 0 Å². The summed E-state index contributed by atoms with van der Waals surface area (Å²) in [6.07, 6.45) is 1.78. The molecule has 1 amide bonds. The number of carbonyl (C=O) groups is 1. The Morgan fingerprint density at radius 2 is 1.89 bits per heavy atom. The molecule has 2 rings (SSSR count). The van der Waals surface area contributed by atoms with Crippen molar-refractivity contribution >= 4 is 21.6 Å². The normalized spacial score (nSPS) is 11.1. The predicted molar refractivity (Wildman–Crippen MR) is 108 cm³/mol. The van der Waals surface area contributed by atoms with Gasteiger partial charge in [0, 0.05) is 0 Å². The zero-order valence-electron chi connectivity index (χ0n) is 15.9. The fourth-order valence-corrected chi connectivity index (χ4v) is 3.57. The molecule has 0 saturated carbocycles. The number of sulfonamides is 1. The number of aryl methyl sites for hydroxylation is 2. The molecular formula is C20H26N2O4S. The van der Waals surface area contributed by atoms with Crippen molar-refractivity contribution in [3.05, 3.63) is 59.7 Å². The van der Waals surface area contributed by atoms with Gasteiger partial charge in [0.15, 0.2) is 0 Å². The number of rotatable bonds is 9. The van der Waals surface area contributed by atoms with Crippen molar-refractivity contribution in [3.63, 3.8) is 0 Å². The number of carbonyl (C=O) groups excluding carboxylic acids is 1. The third-order valence-corrected chi connectivity index (χ3v) is 5.14. The van der Waals surface area contributed by atoms with Crippen molar-refractivity contribution in [2.45, 2.75) is 20.3 Å². The van der Waals surface area contributed by atoms with Gasteiger partial charge in [0.1, 0.15) is 18.9 Å². The zero-order chi connectivity index (χ0) is 19.9. The number of hydrogen-bond acceptors (Lipinski definition) is 4. The molecule has 6 nitrogen and oxygen atoms in total. The minimum atomic E-state index is -3.58. The minimum absolute atomic E-state index is 0.264. The van der Waals surface area contributed by atoms with Gasteiger partial charge in [-0.15, -0.1) is 0 Å². The van der Waals surface area contributed by atoms with Gasteiger partial charge < -0.3 is 10.1 Å². The first-order valence-corrected chi connectivity index (χ1v) is 10.7. The Morgan fingerprint density at radius 1 is 1.15 bits per heavy atom. The highest BCUT2D eigenvalue weighted by Crippen LogP contribution is 2.23. The molecule has 0 aliphatic heterocycles. The Hall–Kier alpha value is -2.54. The third-order valence-electron chi connectivity index (χ3n) is 4.01. The molecule has 0 spiro atoms. The molecule has 0 aliphatic carbocycles. The number of hydrogen-bond donors (Lipinski definition) is 1. The van der Waals surface area contributed by atoms with Crippen molar-refractivity contribution < 1.29 is 17.9 Å². The van der Waals surface area contributed by atoms with E-state index < -0.39 is 10.0 Å². The second-order valence-corrected chi connectivity index (χ2v) is 8.17. The smallest absolute Gasteiger partial charge is 0.240 e. The lowest BCUT2D eigenvalue weighted by atomic mass is 10.1. The molecule has 2 aromatic rings. The Bertz CT molecular complexity index is 881. The van der Waals surface area contributed by atoms with E-state index in [0.29, 0.717) is 25.3 Å². The van der Waals surface area contributed by atoms with E-state index in [1.807, 2.05) is 50.2 Å². The molecule has 0 aromatic heterocycles. The van der Waals surface area contributed by atoms with Gasteiger partial charge in [-0.3, -0.25) is 9.10 Å². The number of nitrogens with zero attached hydrogens (tertiary/aromatic N) is 1. The number of benzene rings is 2. The van der Waals surface area contributed by atoms with E-state index >= 15 is 0 Å². The predicted octanol–water partition coefficient (Wildman–Crippen LogP) is 2.52. The maximum atomic E-state index is 12.3. The molecule has 0 saturated heterocycles. The van der Waals surface area contributed by atoms with Crippen LogP contribution in [0.5, 0.6) is 5.75 Å². The number of para-hydroxylation sites is 1. The van der Waals surface area contributed by atoms with Crippen LogP contribution in [-0.2, 0) is 21.2 Å². The summed E-state index contributed by atoms with van der Waals surface area (Å²) in [6.45, 7) is 4.25. The molecular weight excluding hydrogens is 364 g/mol. The van der Waals surface area contributed by atoms with Crippen LogP contribution in [0.25, 0.3) is 0 Å². The minimum Gasteiger partial charge on any atom is -0.492 e. The summed E-state index contributed by atoms with van der Waals surface area (Å²) in [5.41, 5.74) is 2.50. The van der Waals surface area contributed by atoms with E-state index in [0.717, 1.165) is 27.4 Å². The van der Waals surface area contributed by atoms with E-state index in [-0.39, 0.29) is 12.5 Å². The lowest BCUT2D eigenvalue weighted by Gasteiger charge is -2.24. The van der Waals surface area contributed by atoms with Gasteiger partial charge in [-0.25, -0.2) is 8.42 Å². The van der Waals surface area contributed by atoms with Crippen LogP contribution in [0.4, 0.5) is 5.69 Å². The van der Waals surface area contributed by atoms with Crippen LogP contribution < -0.4 is 14.4 Å². The fourth-order valence-electron chi connectivity index (χ4n) is 2.68. The summed E-state index contributed by atoms with van der Waals surface area (Å²) < 4.78 is 31.1. The first kappa shape index (κ1) is 20.8. The molecule has 0 unspecified atom stereocenters. The second-order valence-electron chi connectivity index (χ2n) is 6.27. The molecule has 27 heavy (non-hydrogen) atoms. The van der Waals surface area contributed by atoms with Gasteiger partial charge in [-0.05, 0) is 42.7 Å². The Morgan fingerprint density at radius 3 is 2.56 bits per heavy atom. The number of nitrogens with one attached hydrogen (secondary N) is 1. The summed E-state index contributed by atoms with van der Waals surface area (Å²) in [7, 11) is -3.58. The third kappa shape index (κ3) is 6.29. The van der Waals surface area contributed by atoms with Gasteiger partial charge in [0.25, 0.3) is 0 Å². The van der Waals surface area contributed by atoms with Gasteiger partial charge in [0.2, 0.25) is 15.9 Å². The molecule has 0 radical (unpaired) electrons. The highest BCUT2D eigenvalue weighted by Gasteiger charge is 2.22. The van der Waals surface area contributed by atoms with E-state index in [4.69, 9.17) is 4.74 Å². The van der Waals surface area contributed by atoms with E-state index in [1.54, 1.807) is 12.1 Å². The summed E-state index contributed by atoms with van der Waals surface area (Å²) in [5, 5.41) is 2.71. The zero-order valence-corrected chi connectivity index (χ0v) is 16.8. The topological polar surface area (TPSA) is 75.7 Å². The maximum Gasteiger partial charge on any atom is 0.240 e. The molecule has 0 heterocycles. The summed E-state index contributed by atoms with van der Waals surface area (Å²) >= 11 is 0. The van der Waals surface area contributed by atoms with Crippen molar-refractivity contribution in [3.8, 4) is 5.75 Å². The SMILES string of the molecule is CCc1ccccc1N(CC(=O)NCCOc1cccc(C)c1)S(C)(=O)=O. The van der Waals surface area contributed by atoms with Crippen LogP contribution in [0.1, 0.15) is 18.1 Å². The molecule has 1 N–H and O–H groups in total. The second kappa shape index (κ2) is 9.41. The molecule has 2 aromatic carbocycles. The summed E-state index contributed by atoms with van der Waals surface area (Å²) in [6, 6.07) is 14.8. The first-order valence-electron chi connectivity index (χ1n) is 8.83. The van der Waals surface area contributed by atoms with Crippen molar-refractivity contribution in [1.29, 1.82) is 0 Å². The van der Waals surface area contributed by atoms with Crippen molar-refractivity contribution in [2.24, 2.45) is 0 Å². The molecule has 7 heteroatoms. The van der Waals surface area contributed by atoms with Crippen LogP contribution in [-0.4, -0.2) is 40.3 Å². The average Bonchev–Trinajstić information content (AvgIpc) is 2.62. The average molecular weight is 391 g/mol. The van der Waals surface area contributed by atoms with Crippen molar-refractivity contribution in [1.82, 2.24) is 5.32 Å². The quantitative estimate of drug-likeness (QED) is 0.668. The fraction of sp³-hybridized carbons (Fsp3) is 0.350. The van der Waals surface area contributed by atoms with E-state index in [9.17, 15) is 13.2 Å². The highest BCUT2D eigenvalue weighted by molar-refractivity contribution is 7.92. The maximum absolute atomic E-state index is 12.3. The van der Waals surface area contributed by atoms with Crippen LogP contribution in [0, 0.1) is 6.92 Å². The van der Waals surface area contributed by atoms with E-state index in [1.165, 1.54) is 0 Å². The van der Waals surface area contributed by atoms with Gasteiger partial charge in [-0.2, -0.15) is 0 Å². The van der Waals surface area contributed by atoms with Gasteiger partial charge in [-0.1, -0.05) is 37.3 Å². The Kier molecular flexibility index (Phi) is 7.24. The standard InChI is InChI=1S/C20H26N2O4S/c1-4-17-9-5-6-11-19(17)22(27(3,24)25)15-20(23)21-12-13-26-18-10-7-8-16(2)14-18/h5-11,14H,4,12-13,15H2,1-3H3,(H,21,23). The van der Waals surface area contributed by atoms with Crippen LogP contribution in [0.3, 0.4) is 0 Å². The molecule has 0 fully saturated rings. The van der Waals surface area contributed by atoms with E-state index in [2.05, 4.69) is 5.32 Å². The Balaban J connectivity index is 1.94. The van der Waals surface area contributed by atoms with Crippen LogP contribution >= 0.6 is 0 Å².